The van der Waals surface area contributed by atoms with Gasteiger partial charge in [-0.3, -0.25) is 0 Å². The van der Waals surface area contributed by atoms with Crippen molar-refractivity contribution in [1.82, 2.24) is 9.55 Å². The van der Waals surface area contributed by atoms with Crippen LogP contribution in [0.15, 0.2) is 34.9 Å². The van der Waals surface area contributed by atoms with E-state index in [-0.39, 0.29) is 16.5 Å². The summed E-state index contributed by atoms with van der Waals surface area (Å²) in [6, 6.07) is 7.51. The number of aromatic carboxylic acids is 1. The molecule has 0 unspecified atom stereocenters. The Labute approximate surface area is 194 Å². The fourth-order valence-electron chi connectivity index (χ4n) is 3.93. The van der Waals surface area contributed by atoms with Gasteiger partial charge in [0.15, 0.2) is 0 Å². The summed E-state index contributed by atoms with van der Waals surface area (Å²) in [6.45, 7) is 17.3. The molecule has 0 saturated heterocycles. The van der Waals surface area contributed by atoms with E-state index in [1.165, 1.54) is 5.32 Å². The first-order valence-corrected chi connectivity index (χ1v) is 14.2. The molecule has 31 heavy (non-hydrogen) atoms. The summed E-state index contributed by atoms with van der Waals surface area (Å²) in [6.07, 6.45) is 1.69. The molecule has 0 aliphatic heterocycles. The number of fused-ring (bicyclic) bond motifs is 1. The smallest absolute Gasteiger partial charge is 0.339 e. The summed E-state index contributed by atoms with van der Waals surface area (Å²) in [5.41, 5.74) is 1.48. The number of rotatable bonds is 4. The van der Waals surface area contributed by atoms with Crippen molar-refractivity contribution >= 4 is 47.0 Å². The van der Waals surface area contributed by atoms with Crippen LogP contribution in [0, 0.1) is 0 Å². The summed E-state index contributed by atoms with van der Waals surface area (Å²) in [7, 11) is -1.09. The summed E-state index contributed by atoms with van der Waals surface area (Å²) in [5.74, 6) is -0.139. The number of benzene rings is 1. The first kappa shape index (κ1) is 23.5. The molecule has 3 aromatic rings. The van der Waals surface area contributed by atoms with E-state index in [2.05, 4.69) is 60.4 Å². The number of aromatic nitrogens is 2. The van der Waals surface area contributed by atoms with Crippen molar-refractivity contribution in [2.45, 2.75) is 65.6 Å². The lowest BCUT2D eigenvalue weighted by Gasteiger charge is -2.26. The highest BCUT2D eigenvalue weighted by molar-refractivity contribution is 9.10. The van der Waals surface area contributed by atoms with E-state index in [4.69, 9.17) is 9.72 Å². The largest absolute Gasteiger partial charge is 0.478 e. The van der Waals surface area contributed by atoms with Crippen LogP contribution in [-0.2, 0) is 11.0 Å². The molecule has 2 heterocycles. The van der Waals surface area contributed by atoms with Crippen LogP contribution in [-0.4, -0.2) is 29.4 Å². The standard InChI is InChI=1S/C24H31BrN2O3Si/c1-23(2,3)19-17(25)10-9-16(22(28)29)20(19)30-15-11-14-12-18(31(7)8)27(24(4,5)6)21(14)26-13-15/h9-13,31H,1-8H3,(H,28,29). The zero-order chi connectivity index (χ0) is 23.3. The molecule has 166 valence electrons. The maximum atomic E-state index is 11.9. The second kappa shape index (κ2) is 8.09. The number of carbonyl (C=O) groups is 1. The van der Waals surface area contributed by atoms with Crippen molar-refractivity contribution in [3.8, 4) is 11.5 Å². The Hall–Kier alpha value is -2.12. The zero-order valence-corrected chi connectivity index (χ0v) is 22.2. The van der Waals surface area contributed by atoms with Gasteiger partial charge in [0.2, 0.25) is 0 Å². The van der Waals surface area contributed by atoms with Crippen molar-refractivity contribution in [3.63, 3.8) is 0 Å². The molecule has 7 heteroatoms. The fraction of sp³-hybridized carbons (Fsp3) is 0.417. The van der Waals surface area contributed by atoms with Crippen LogP contribution in [0.2, 0.25) is 13.1 Å². The third-order valence-corrected chi connectivity index (χ3v) is 7.48. The first-order chi connectivity index (χ1) is 14.2. The van der Waals surface area contributed by atoms with Crippen LogP contribution in [0.1, 0.15) is 57.5 Å². The molecule has 0 aliphatic rings. The van der Waals surface area contributed by atoms with Gasteiger partial charge in [0.05, 0.1) is 15.0 Å². The van der Waals surface area contributed by atoms with Gasteiger partial charge in [0.25, 0.3) is 0 Å². The second-order valence-corrected chi connectivity index (χ2v) is 14.0. The zero-order valence-electron chi connectivity index (χ0n) is 19.5. The fourth-order valence-corrected chi connectivity index (χ4v) is 6.37. The summed E-state index contributed by atoms with van der Waals surface area (Å²) in [4.78, 5) is 16.7. The Kier molecular flexibility index (Phi) is 6.15. The van der Waals surface area contributed by atoms with Crippen LogP contribution in [0.25, 0.3) is 11.0 Å². The molecule has 3 rings (SSSR count). The molecule has 0 atom stereocenters. The van der Waals surface area contributed by atoms with Crippen LogP contribution >= 0.6 is 15.9 Å². The minimum absolute atomic E-state index is 0.0795. The summed E-state index contributed by atoms with van der Waals surface area (Å²) >= 11 is 3.58. The number of carboxylic acids is 1. The molecular weight excluding hydrogens is 472 g/mol. The second-order valence-electron chi connectivity index (χ2n) is 10.3. The van der Waals surface area contributed by atoms with Crippen LogP contribution in [0.4, 0.5) is 0 Å². The summed E-state index contributed by atoms with van der Waals surface area (Å²) in [5, 5.41) is 12.1. The van der Waals surface area contributed by atoms with Crippen LogP contribution in [0.5, 0.6) is 11.5 Å². The lowest BCUT2D eigenvalue weighted by Crippen LogP contribution is -2.38. The van der Waals surface area contributed by atoms with E-state index in [1.54, 1.807) is 18.3 Å². The molecule has 0 radical (unpaired) electrons. The van der Waals surface area contributed by atoms with Gasteiger partial charge in [-0.05, 0) is 50.5 Å². The molecule has 1 aromatic carbocycles. The highest BCUT2D eigenvalue weighted by Crippen LogP contribution is 2.42. The van der Waals surface area contributed by atoms with Crippen molar-refractivity contribution < 1.29 is 14.6 Å². The van der Waals surface area contributed by atoms with Gasteiger partial charge in [0.1, 0.15) is 22.7 Å². The first-order valence-electron chi connectivity index (χ1n) is 10.5. The molecule has 0 fully saturated rings. The number of carboxylic acid groups (broad SMARTS) is 1. The molecule has 1 N–H and O–H groups in total. The summed E-state index contributed by atoms with van der Waals surface area (Å²) < 4.78 is 9.39. The molecular formula is C24H31BrN2O3Si. The van der Waals surface area contributed by atoms with Gasteiger partial charge in [0, 0.05) is 26.3 Å². The normalized spacial score (nSPS) is 12.6. The Morgan fingerprint density at radius 1 is 1.13 bits per heavy atom. The maximum Gasteiger partial charge on any atom is 0.339 e. The van der Waals surface area contributed by atoms with E-state index in [0.717, 1.165) is 21.1 Å². The van der Waals surface area contributed by atoms with Crippen molar-refractivity contribution in [2.24, 2.45) is 0 Å². The topological polar surface area (TPSA) is 64.3 Å². The average molecular weight is 504 g/mol. The van der Waals surface area contributed by atoms with Crippen LogP contribution < -0.4 is 10.1 Å². The maximum absolute atomic E-state index is 11.9. The Morgan fingerprint density at radius 2 is 1.77 bits per heavy atom. The van der Waals surface area contributed by atoms with Gasteiger partial charge in [-0.15, -0.1) is 0 Å². The Balaban J connectivity index is 2.20. The lowest BCUT2D eigenvalue weighted by molar-refractivity contribution is 0.0694. The van der Waals surface area contributed by atoms with E-state index in [1.807, 2.05) is 26.8 Å². The van der Waals surface area contributed by atoms with Crippen molar-refractivity contribution in [3.05, 3.63) is 46.1 Å². The lowest BCUT2D eigenvalue weighted by atomic mass is 9.85. The van der Waals surface area contributed by atoms with E-state index >= 15 is 0 Å². The number of hydrogen-bond acceptors (Lipinski definition) is 3. The monoisotopic (exact) mass is 502 g/mol. The molecule has 0 bridgehead atoms. The third-order valence-electron chi connectivity index (χ3n) is 5.21. The Bertz CT molecular complexity index is 1150. The van der Waals surface area contributed by atoms with Crippen molar-refractivity contribution in [2.75, 3.05) is 0 Å². The highest BCUT2D eigenvalue weighted by Gasteiger charge is 2.28. The molecule has 0 spiro atoms. The number of halogens is 1. The van der Waals surface area contributed by atoms with Gasteiger partial charge >= 0.3 is 5.97 Å². The van der Waals surface area contributed by atoms with Crippen molar-refractivity contribution in [1.29, 1.82) is 0 Å². The van der Waals surface area contributed by atoms with Gasteiger partial charge in [-0.1, -0.05) is 49.8 Å². The third kappa shape index (κ3) is 4.57. The number of pyridine rings is 1. The Morgan fingerprint density at radius 3 is 2.29 bits per heavy atom. The quantitative estimate of drug-likeness (QED) is 0.441. The molecule has 0 aliphatic carbocycles. The number of nitrogens with zero attached hydrogens (tertiary/aromatic N) is 2. The van der Waals surface area contributed by atoms with Gasteiger partial charge in [-0.25, -0.2) is 9.78 Å². The van der Waals surface area contributed by atoms with E-state index in [9.17, 15) is 9.90 Å². The predicted molar refractivity (Wildman–Crippen MR) is 133 cm³/mol. The predicted octanol–water partition coefficient (Wildman–Crippen LogP) is 6.04. The van der Waals surface area contributed by atoms with Gasteiger partial charge in [-0.2, -0.15) is 0 Å². The van der Waals surface area contributed by atoms with Crippen LogP contribution in [0.3, 0.4) is 0 Å². The number of ether oxygens (including phenoxy) is 1. The average Bonchev–Trinajstić information content (AvgIpc) is 2.99. The highest BCUT2D eigenvalue weighted by atomic mass is 79.9. The number of hydrogen-bond donors (Lipinski definition) is 1. The van der Waals surface area contributed by atoms with Gasteiger partial charge < -0.3 is 14.4 Å². The SMILES string of the molecule is C[SiH](C)c1cc2cc(Oc3c(C(=O)O)ccc(Br)c3C(C)(C)C)cnc2n1C(C)(C)C. The molecule has 2 aromatic heterocycles. The molecule has 5 nitrogen and oxygen atoms in total. The minimum atomic E-state index is -1.09. The van der Waals surface area contributed by atoms with E-state index in [0.29, 0.717) is 11.5 Å². The molecule has 0 amide bonds. The minimum Gasteiger partial charge on any atom is -0.478 e. The van der Waals surface area contributed by atoms with E-state index < -0.39 is 14.8 Å². The molecule has 0 saturated carbocycles.